The molecule has 0 bridgehead atoms. The molecule has 2 nitrogen and oxygen atoms in total. The van der Waals surface area contributed by atoms with Crippen LogP contribution < -0.4 is 5.32 Å². The smallest absolute Gasteiger partial charge is 0.0622 e. The zero-order valence-corrected chi connectivity index (χ0v) is 14.2. The van der Waals surface area contributed by atoms with E-state index < -0.39 is 0 Å². The number of hydrogen-bond acceptors (Lipinski definition) is 2. The Kier molecular flexibility index (Phi) is 6.09. The van der Waals surface area contributed by atoms with Gasteiger partial charge in [-0.05, 0) is 70.0 Å². The van der Waals surface area contributed by atoms with Crippen molar-refractivity contribution in [3.05, 3.63) is 34.9 Å². The number of rotatable bonds is 9. The Bertz CT molecular complexity index is 443. The minimum Gasteiger partial charge on any atom is -0.379 e. The van der Waals surface area contributed by atoms with Crippen molar-refractivity contribution in [3.63, 3.8) is 0 Å². The lowest BCUT2D eigenvalue weighted by Gasteiger charge is -2.26. The van der Waals surface area contributed by atoms with E-state index in [4.69, 9.17) is 16.3 Å². The quantitative estimate of drug-likeness (QED) is 0.727. The molecule has 0 amide bonds. The Morgan fingerprint density at radius 2 is 2.05 bits per heavy atom. The van der Waals surface area contributed by atoms with Gasteiger partial charge in [0.05, 0.1) is 5.60 Å². The van der Waals surface area contributed by atoms with Crippen molar-refractivity contribution in [1.82, 2.24) is 5.32 Å². The number of methoxy groups -OCH3 is 1. The zero-order valence-electron chi connectivity index (χ0n) is 13.5. The van der Waals surface area contributed by atoms with Gasteiger partial charge in [0.25, 0.3) is 0 Å². The van der Waals surface area contributed by atoms with Crippen molar-refractivity contribution >= 4 is 11.6 Å². The van der Waals surface area contributed by atoms with Crippen LogP contribution in [0.25, 0.3) is 0 Å². The Morgan fingerprint density at radius 1 is 1.33 bits per heavy atom. The molecule has 0 aromatic heterocycles. The molecule has 1 fully saturated rings. The summed E-state index contributed by atoms with van der Waals surface area (Å²) in [4.78, 5) is 0. The van der Waals surface area contributed by atoms with Gasteiger partial charge >= 0.3 is 0 Å². The molecule has 0 heterocycles. The SMILES string of the molecule is COC(C)(C)CCC(CNC1CC1)Cc1ccccc1Cl. The van der Waals surface area contributed by atoms with Gasteiger partial charge in [-0.1, -0.05) is 29.8 Å². The van der Waals surface area contributed by atoms with Gasteiger partial charge in [-0.2, -0.15) is 0 Å². The summed E-state index contributed by atoms with van der Waals surface area (Å²) in [6.45, 7) is 5.40. The second kappa shape index (κ2) is 7.62. The van der Waals surface area contributed by atoms with Crippen LogP contribution in [0.5, 0.6) is 0 Å². The van der Waals surface area contributed by atoms with Gasteiger partial charge in [-0.3, -0.25) is 0 Å². The summed E-state index contributed by atoms with van der Waals surface area (Å²) in [5, 5.41) is 4.56. The molecular formula is C18H28ClNO. The van der Waals surface area contributed by atoms with Gasteiger partial charge < -0.3 is 10.1 Å². The van der Waals surface area contributed by atoms with Crippen molar-refractivity contribution in [2.75, 3.05) is 13.7 Å². The first-order valence-electron chi connectivity index (χ1n) is 8.02. The van der Waals surface area contributed by atoms with Crippen molar-refractivity contribution in [3.8, 4) is 0 Å². The maximum Gasteiger partial charge on any atom is 0.0622 e. The average Bonchev–Trinajstić information content (AvgIpc) is 3.28. The van der Waals surface area contributed by atoms with Gasteiger partial charge in [0.2, 0.25) is 0 Å². The number of halogens is 1. The summed E-state index contributed by atoms with van der Waals surface area (Å²) in [5.41, 5.74) is 1.22. The maximum atomic E-state index is 6.32. The highest BCUT2D eigenvalue weighted by Crippen LogP contribution is 2.26. The highest BCUT2D eigenvalue weighted by atomic mass is 35.5. The number of ether oxygens (including phenoxy) is 1. The third-order valence-electron chi connectivity index (χ3n) is 4.45. The number of nitrogens with one attached hydrogen (secondary N) is 1. The van der Waals surface area contributed by atoms with Gasteiger partial charge in [0, 0.05) is 18.2 Å². The summed E-state index contributed by atoms with van der Waals surface area (Å²) in [6, 6.07) is 8.97. The predicted octanol–water partition coefficient (Wildman–Crippen LogP) is 4.46. The third kappa shape index (κ3) is 5.98. The van der Waals surface area contributed by atoms with Crippen LogP contribution in [0.2, 0.25) is 5.02 Å². The lowest BCUT2D eigenvalue weighted by Crippen LogP contribution is -2.29. The first-order chi connectivity index (χ1) is 10.00. The van der Waals surface area contributed by atoms with Crippen LogP contribution in [0.3, 0.4) is 0 Å². The molecule has 1 atom stereocenters. The van der Waals surface area contributed by atoms with E-state index in [9.17, 15) is 0 Å². The highest BCUT2D eigenvalue weighted by Gasteiger charge is 2.24. The van der Waals surface area contributed by atoms with Crippen molar-refractivity contribution in [2.45, 2.75) is 57.6 Å². The summed E-state index contributed by atoms with van der Waals surface area (Å²) >= 11 is 6.32. The predicted molar refractivity (Wildman–Crippen MR) is 90.0 cm³/mol. The molecule has 2 rings (SSSR count). The van der Waals surface area contributed by atoms with Crippen molar-refractivity contribution in [2.24, 2.45) is 5.92 Å². The largest absolute Gasteiger partial charge is 0.379 e. The summed E-state index contributed by atoms with van der Waals surface area (Å²) in [7, 11) is 1.80. The molecule has 0 radical (unpaired) electrons. The Labute approximate surface area is 134 Å². The minimum atomic E-state index is -0.0433. The second-order valence-corrected chi connectivity index (χ2v) is 7.25. The van der Waals surface area contributed by atoms with E-state index in [1.54, 1.807) is 7.11 Å². The van der Waals surface area contributed by atoms with E-state index in [-0.39, 0.29) is 5.60 Å². The Balaban J connectivity index is 1.92. The van der Waals surface area contributed by atoms with Crippen LogP contribution in [-0.2, 0) is 11.2 Å². The lowest BCUT2D eigenvalue weighted by molar-refractivity contribution is 0.0103. The van der Waals surface area contributed by atoms with Gasteiger partial charge in [-0.25, -0.2) is 0 Å². The van der Waals surface area contributed by atoms with Crippen LogP contribution in [-0.4, -0.2) is 25.3 Å². The van der Waals surface area contributed by atoms with Gasteiger partial charge in [0.15, 0.2) is 0 Å². The van der Waals surface area contributed by atoms with Crippen LogP contribution in [0.15, 0.2) is 24.3 Å². The molecule has 3 heteroatoms. The minimum absolute atomic E-state index is 0.0433. The first-order valence-corrected chi connectivity index (χ1v) is 8.40. The van der Waals surface area contributed by atoms with Crippen molar-refractivity contribution in [1.29, 1.82) is 0 Å². The molecule has 1 saturated carbocycles. The lowest BCUT2D eigenvalue weighted by atomic mass is 9.90. The number of hydrogen-bond donors (Lipinski definition) is 1. The normalized spacial score (nSPS) is 17.0. The maximum absolute atomic E-state index is 6.32. The zero-order chi connectivity index (χ0) is 15.3. The molecule has 1 aromatic rings. The molecular weight excluding hydrogens is 282 g/mol. The first kappa shape index (κ1) is 16.8. The topological polar surface area (TPSA) is 21.3 Å². The fourth-order valence-electron chi connectivity index (χ4n) is 2.53. The molecule has 21 heavy (non-hydrogen) atoms. The molecule has 1 aliphatic rings. The summed E-state index contributed by atoms with van der Waals surface area (Å²) in [5.74, 6) is 0.611. The number of benzene rings is 1. The summed E-state index contributed by atoms with van der Waals surface area (Å²) < 4.78 is 5.55. The van der Waals surface area contributed by atoms with Gasteiger partial charge in [-0.15, -0.1) is 0 Å². The molecule has 0 saturated heterocycles. The van der Waals surface area contributed by atoms with E-state index in [1.165, 1.54) is 18.4 Å². The highest BCUT2D eigenvalue weighted by molar-refractivity contribution is 6.31. The fraction of sp³-hybridized carbons (Fsp3) is 0.667. The van der Waals surface area contributed by atoms with Crippen LogP contribution in [0, 0.1) is 5.92 Å². The van der Waals surface area contributed by atoms with E-state index in [2.05, 4.69) is 31.3 Å². The van der Waals surface area contributed by atoms with Crippen LogP contribution in [0.1, 0.15) is 45.1 Å². The van der Waals surface area contributed by atoms with Gasteiger partial charge in [0.1, 0.15) is 0 Å². The van der Waals surface area contributed by atoms with E-state index in [0.717, 1.165) is 36.9 Å². The molecule has 1 aromatic carbocycles. The molecule has 1 aliphatic carbocycles. The third-order valence-corrected chi connectivity index (χ3v) is 4.81. The van der Waals surface area contributed by atoms with Crippen LogP contribution in [0.4, 0.5) is 0 Å². The molecule has 1 N–H and O–H groups in total. The monoisotopic (exact) mass is 309 g/mol. The van der Waals surface area contributed by atoms with E-state index in [1.807, 2.05) is 12.1 Å². The van der Waals surface area contributed by atoms with E-state index in [0.29, 0.717) is 5.92 Å². The summed E-state index contributed by atoms with van der Waals surface area (Å²) in [6.07, 6.45) is 5.95. The molecule has 1 unspecified atom stereocenters. The standard InChI is InChI=1S/C18H28ClNO/c1-18(2,21-3)11-10-14(13-20-16-8-9-16)12-15-6-4-5-7-17(15)19/h4-7,14,16,20H,8-13H2,1-3H3. The fourth-order valence-corrected chi connectivity index (χ4v) is 2.74. The van der Waals surface area contributed by atoms with Crippen molar-refractivity contribution < 1.29 is 4.74 Å². The van der Waals surface area contributed by atoms with E-state index >= 15 is 0 Å². The molecule has 0 spiro atoms. The molecule has 118 valence electrons. The Morgan fingerprint density at radius 3 is 2.67 bits per heavy atom. The second-order valence-electron chi connectivity index (χ2n) is 6.85. The Hall–Kier alpha value is -0.570. The average molecular weight is 310 g/mol. The van der Waals surface area contributed by atoms with Crippen LogP contribution >= 0.6 is 11.6 Å². The molecule has 0 aliphatic heterocycles.